The Labute approximate surface area is 101 Å². The Morgan fingerprint density at radius 1 is 1.07 bits per heavy atom. The molecular formula is C12H16Cl2O. The lowest BCUT2D eigenvalue weighted by atomic mass is 9.91. The van der Waals surface area contributed by atoms with E-state index in [1.165, 1.54) is 0 Å². The maximum absolute atomic E-state index is 10.1. The van der Waals surface area contributed by atoms with E-state index < -0.39 is 6.10 Å². The van der Waals surface area contributed by atoms with E-state index in [4.69, 9.17) is 23.2 Å². The third-order valence-corrected chi connectivity index (χ3v) is 3.16. The van der Waals surface area contributed by atoms with Gasteiger partial charge in [0.05, 0.1) is 6.10 Å². The zero-order chi connectivity index (χ0) is 11.4. The molecule has 1 aromatic rings. The summed E-state index contributed by atoms with van der Waals surface area (Å²) in [6, 6.07) is 5.22. The number of hydrogen-bond donors (Lipinski definition) is 1. The van der Waals surface area contributed by atoms with Crippen molar-refractivity contribution in [3.05, 3.63) is 33.8 Å². The molecule has 1 aromatic carbocycles. The molecular weight excluding hydrogens is 231 g/mol. The quantitative estimate of drug-likeness (QED) is 0.832. The van der Waals surface area contributed by atoms with Crippen LogP contribution in [0.2, 0.25) is 10.0 Å². The Morgan fingerprint density at radius 2 is 1.53 bits per heavy atom. The van der Waals surface area contributed by atoms with E-state index in [2.05, 4.69) is 13.8 Å². The maximum Gasteiger partial charge on any atom is 0.0819 e. The second-order valence-electron chi connectivity index (χ2n) is 3.72. The van der Waals surface area contributed by atoms with Crippen LogP contribution in [-0.2, 0) is 0 Å². The predicted molar refractivity (Wildman–Crippen MR) is 65.5 cm³/mol. The Morgan fingerprint density at radius 3 is 1.93 bits per heavy atom. The fraction of sp³-hybridized carbons (Fsp3) is 0.500. The van der Waals surface area contributed by atoms with E-state index in [1.54, 1.807) is 18.2 Å². The molecule has 0 aromatic heterocycles. The summed E-state index contributed by atoms with van der Waals surface area (Å²) >= 11 is 11.8. The maximum atomic E-state index is 10.1. The van der Waals surface area contributed by atoms with Crippen LogP contribution in [0.25, 0.3) is 0 Å². The minimum atomic E-state index is -0.476. The van der Waals surface area contributed by atoms with Gasteiger partial charge in [0, 0.05) is 10.0 Å². The molecule has 0 amide bonds. The SMILES string of the molecule is CCC(CC)C(O)c1cc(Cl)cc(Cl)c1. The van der Waals surface area contributed by atoms with Gasteiger partial charge in [-0.05, 0) is 29.7 Å². The summed E-state index contributed by atoms with van der Waals surface area (Å²) in [6.07, 6.45) is 1.42. The fourth-order valence-electron chi connectivity index (χ4n) is 1.75. The molecule has 0 saturated heterocycles. The van der Waals surface area contributed by atoms with Crippen molar-refractivity contribution in [2.75, 3.05) is 0 Å². The largest absolute Gasteiger partial charge is 0.388 e. The first-order chi connectivity index (χ1) is 7.08. The summed E-state index contributed by atoms with van der Waals surface area (Å²) in [5.74, 6) is 0.263. The topological polar surface area (TPSA) is 20.2 Å². The van der Waals surface area contributed by atoms with Crippen LogP contribution in [0, 0.1) is 5.92 Å². The van der Waals surface area contributed by atoms with Gasteiger partial charge in [0.2, 0.25) is 0 Å². The van der Waals surface area contributed by atoms with Crippen LogP contribution in [0.15, 0.2) is 18.2 Å². The molecule has 15 heavy (non-hydrogen) atoms. The smallest absolute Gasteiger partial charge is 0.0819 e. The van der Waals surface area contributed by atoms with E-state index >= 15 is 0 Å². The van der Waals surface area contributed by atoms with Crippen LogP contribution >= 0.6 is 23.2 Å². The predicted octanol–water partition coefficient (Wildman–Crippen LogP) is 4.46. The van der Waals surface area contributed by atoms with Gasteiger partial charge in [-0.25, -0.2) is 0 Å². The lowest BCUT2D eigenvalue weighted by Gasteiger charge is -2.20. The third-order valence-electron chi connectivity index (χ3n) is 2.72. The molecule has 1 atom stereocenters. The molecule has 0 aliphatic carbocycles. The van der Waals surface area contributed by atoms with E-state index in [0.717, 1.165) is 18.4 Å². The zero-order valence-electron chi connectivity index (χ0n) is 9.00. The van der Waals surface area contributed by atoms with E-state index in [9.17, 15) is 5.11 Å². The van der Waals surface area contributed by atoms with Gasteiger partial charge in [-0.15, -0.1) is 0 Å². The van der Waals surface area contributed by atoms with Gasteiger partial charge in [-0.1, -0.05) is 49.9 Å². The highest BCUT2D eigenvalue weighted by Gasteiger charge is 2.18. The summed E-state index contributed by atoms with van der Waals surface area (Å²) in [5.41, 5.74) is 0.807. The number of aliphatic hydroxyl groups is 1. The summed E-state index contributed by atoms with van der Waals surface area (Å²) in [5, 5.41) is 11.3. The van der Waals surface area contributed by atoms with Crippen LogP contribution in [0.3, 0.4) is 0 Å². The molecule has 84 valence electrons. The highest BCUT2D eigenvalue weighted by atomic mass is 35.5. The Bertz CT molecular complexity index is 301. The van der Waals surface area contributed by atoms with E-state index in [1.807, 2.05) is 0 Å². The molecule has 1 N–H and O–H groups in total. The average Bonchev–Trinajstić information content (AvgIpc) is 2.18. The Kier molecular flexibility index (Phi) is 4.91. The van der Waals surface area contributed by atoms with Crippen LogP contribution in [0.5, 0.6) is 0 Å². The van der Waals surface area contributed by atoms with Crippen molar-refractivity contribution in [1.82, 2.24) is 0 Å². The Hall–Kier alpha value is -0.240. The molecule has 0 heterocycles. The highest BCUT2D eigenvalue weighted by Crippen LogP contribution is 2.30. The van der Waals surface area contributed by atoms with Gasteiger partial charge in [0.15, 0.2) is 0 Å². The van der Waals surface area contributed by atoms with Gasteiger partial charge in [0.1, 0.15) is 0 Å². The van der Waals surface area contributed by atoms with E-state index in [0.29, 0.717) is 10.0 Å². The second-order valence-corrected chi connectivity index (χ2v) is 4.60. The molecule has 0 saturated carbocycles. The van der Waals surface area contributed by atoms with Crippen molar-refractivity contribution < 1.29 is 5.11 Å². The molecule has 1 nitrogen and oxygen atoms in total. The van der Waals surface area contributed by atoms with Gasteiger partial charge in [0.25, 0.3) is 0 Å². The molecule has 3 heteroatoms. The first-order valence-corrected chi connectivity index (χ1v) is 5.98. The van der Waals surface area contributed by atoms with Crippen molar-refractivity contribution in [1.29, 1.82) is 0 Å². The molecule has 0 aliphatic rings. The van der Waals surface area contributed by atoms with Gasteiger partial charge < -0.3 is 5.11 Å². The average molecular weight is 247 g/mol. The van der Waals surface area contributed by atoms with Crippen LogP contribution in [0.4, 0.5) is 0 Å². The minimum absolute atomic E-state index is 0.263. The van der Waals surface area contributed by atoms with Crippen LogP contribution < -0.4 is 0 Å². The summed E-state index contributed by atoms with van der Waals surface area (Å²) in [6.45, 7) is 4.15. The molecule has 0 fully saturated rings. The highest BCUT2D eigenvalue weighted by molar-refractivity contribution is 6.34. The number of rotatable bonds is 4. The lowest BCUT2D eigenvalue weighted by molar-refractivity contribution is 0.103. The monoisotopic (exact) mass is 246 g/mol. The first kappa shape index (κ1) is 12.8. The number of aliphatic hydroxyl groups excluding tert-OH is 1. The lowest BCUT2D eigenvalue weighted by Crippen LogP contribution is -2.10. The molecule has 0 radical (unpaired) electrons. The molecule has 0 aliphatic heterocycles. The zero-order valence-corrected chi connectivity index (χ0v) is 10.5. The minimum Gasteiger partial charge on any atom is -0.388 e. The van der Waals surface area contributed by atoms with Crippen molar-refractivity contribution >= 4 is 23.2 Å². The standard InChI is InChI=1S/C12H16Cl2O/c1-3-8(4-2)12(15)9-5-10(13)7-11(14)6-9/h5-8,12,15H,3-4H2,1-2H3. The summed E-state index contributed by atoms with van der Waals surface area (Å²) in [4.78, 5) is 0. The van der Waals surface area contributed by atoms with Crippen molar-refractivity contribution in [2.24, 2.45) is 5.92 Å². The van der Waals surface area contributed by atoms with Gasteiger partial charge in [-0.3, -0.25) is 0 Å². The van der Waals surface area contributed by atoms with Crippen molar-refractivity contribution in [2.45, 2.75) is 32.8 Å². The molecule has 1 unspecified atom stereocenters. The normalized spacial score (nSPS) is 13.2. The van der Waals surface area contributed by atoms with Crippen molar-refractivity contribution in [3.63, 3.8) is 0 Å². The van der Waals surface area contributed by atoms with Crippen LogP contribution in [0.1, 0.15) is 38.4 Å². The third kappa shape index (κ3) is 3.37. The number of hydrogen-bond acceptors (Lipinski definition) is 1. The summed E-state index contributed by atoms with van der Waals surface area (Å²) in [7, 11) is 0. The van der Waals surface area contributed by atoms with Gasteiger partial charge >= 0.3 is 0 Å². The number of benzene rings is 1. The molecule has 1 rings (SSSR count). The molecule has 0 spiro atoms. The van der Waals surface area contributed by atoms with Crippen LogP contribution in [-0.4, -0.2) is 5.11 Å². The number of halogens is 2. The van der Waals surface area contributed by atoms with E-state index in [-0.39, 0.29) is 5.92 Å². The molecule has 0 bridgehead atoms. The Balaban J connectivity index is 2.94. The first-order valence-electron chi connectivity index (χ1n) is 5.22. The van der Waals surface area contributed by atoms with Crippen molar-refractivity contribution in [3.8, 4) is 0 Å². The fourth-order valence-corrected chi connectivity index (χ4v) is 2.30. The summed E-state index contributed by atoms with van der Waals surface area (Å²) < 4.78 is 0. The second kappa shape index (κ2) is 5.74. The van der Waals surface area contributed by atoms with Gasteiger partial charge in [-0.2, -0.15) is 0 Å².